The second-order valence-corrected chi connectivity index (χ2v) is 6.93. The molecule has 1 unspecified atom stereocenters. The summed E-state index contributed by atoms with van der Waals surface area (Å²) in [7, 11) is -2.90. The zero-order valence-electron chi connectivity index (χ0n) is 10.6. The van der Waals surface area contributed by atoms with Crippen molar-refractivity contribution in [3.8, 4) is 0 Å². The molecule has 0 saturated heterocycles. The Balaban J connectivity index is 1.96. The maximum Gasteiger partial charge on any atom is 0.151 e. The fraction of sp³-hybridized carbons (Fsp3) is 0.538. The first kappa shape index (κ1) is 13.5. The first-order valence-electron chi connectivity index (χ1n) is 6.22. The fourth-order valence-corrected chi connectivity index (χ4v) is 2.80. The summed E-state index contributed by atoms with van der Waals surface area (Å²) < 4.78 is 28.3. The molecule has 0 saturated carbocycles. The van der Waals surface area contributed by atoms with Gasteiger partial charge >= 0.3 is 0 Å². The number of benzene rings is 1. The van der Waals surface area contributed by atoms with Crippen LogP contribution in [0.1, 0.15) is 24.1 Å². The lowest BCUT2D eigenvalue weighted by Gasteiger charge is -2.26. The van der Waals surface area contributed by atoms with Crippen LogP contribution in [0.25, 0.3) is 0 Å². The molecule has 0 radical (unpaired) electrons. The van der Waals surface area contributed by atoms with Crippen molar-refractivity contribution < 1.29 is 13.2 Å². The van der Waals surface area contributed by atoms with Gasteiger partial charge < -0.3 is 10.1 Å². The van der Waals surface area contributed by atoms with Crippen LogP contribution < -0.4 is 5.32 Å². The van der Waals surface area contributed by atoms with Gasteiger partial charge in [0.05, 0.1) is 25.0 Å². The highest BCUT2D eigenvalue weighted by atomic mass is 32.2. The zero-order valence-corrected chi connectivity index (χ0v) is 11.4. The van der Waals surface area contributed by atoms with E-state index < -0.39 is 9.84 Å². The zero-order chi connectivity index (χ0) is 13.0. The molecule has 0 fully saturated rings. The largest absolute Gasteiger partial charge is 0.375 e. The minimum absolute atomic E-state index is 0.0991. The minimum atomic E-state index is -2.90. The van der Waals surface area contributed by atoms with Crippen molar-refractivity contribution in [3.63, 3.8) is 0 Å². The number of hydrogen-bond donors (Lipinski definition) is 1. The summed E-state index contributed by atoms with van der Waals surface area (Å²) in [6.07, 6.45) is 0. The van der Waals surface area contributed by atoms with Gasteiger partial charge in [0.15, 0.2) is 9.84 Å². The van der Waals surface area contributed by atoms with Crippen molar-refractivity contribution in [3.05, 3.63) is 35.4 Å². The summed E-state index contributed by atoms with van der Waals surface area (Å²) in [4.78, 5) is 0. The van der Waals surface area contributed by atoms with E-state index in [4.69, 9.17) is 4.74 Å². The fourth-order valence-electron chi connectivity index (χ4n) is 2.08. The van der Waals surface area contributed by atoms with Gasteiger partial charge in [0, 0.05) is 12.3 Å². The van der Waals surface area contributed by atoms with Crippen LogP contribution >= 0.6 is 0 Å². The molecule has 5 heteroatoms. The van der Waals surface area contributed by atoms with E-state index in [-0.39, 0.29) is 17.5 Å². The maximum absolute atomic E-state index is 11.4. The lowest BCUT2D eigenvalue weighted by atomic mass is 9.99. The van der Waals surface area contributed by atoms with E-state index in [1.54, 1.807) is 6.92 Å². The third-order valence-electron chi connectivity index (χ3n) is 3.22. The standard InChI is InChI=1S/C13H19NO3S/c1-2-18(15,16)8-7-14-13-10-17-9-11-5-3-4-6-12(11)13/h3-6,13-14H,2,7-10H2,1H3. The summed E-state index contributed by atoms with van der Waals surface area (Å²) in [5.41, 5.74) is 2.40. The molecule has 1 N–H and O–H groups in total. The predicted octanol–water partition coefficient (Wildman–Crippen LogP) is 1.28. The molecular formula is C13H19NO3S. The van der Waals surface area contributed by atoms with Gasteiger partial charge in [0.1, 0.15) is 0 Å². The second-order valence-electron chi connectivity index (χ2n) is 4.46. The molecule has 1 aliphatic heterocycles. The van der Waals surface area contributed by atoms with Gasteiger partial charge in [-0.2, -0.15) is 0 Å². The van der Waals surface area contributed by atoms with E-state index in [2.05, 4.69) is 11.4 Å². The minimum Gasteiger partial charge on any atom is -0.375 e. The molecule has 1 aromatic rings. The molecule has 0 aliphatic carbocycles. The van der Waals surface area contributed by atoms with Crippen molar-refractivity contribution >= 4 is 9.84 Å². The number of hydrogen-bond acceptors (Lipinski definition) is 4. The van der Waals surface area contributed by atoms with Crippen molar-refractivity contribution in [2.45, 2.75) is 19.6 Å². The van der Waals surface area contributed by atoms with Crippen LogP contribution in [0.15, 0.2) is 24.3 Å². The molecular weight excluding hydrogens is 250 g/mol. The topological polar surface area (TPSA) is 55.4 Å². The smallest absolute Gasteiger partial charge is 0.151 e. The van der Waals surface area contributed by atoms with E-state index >= 15 is 0 Å². The van der Waals surface area contributed by atoms with Gasteiger partial charge in [0.2, 0.25) is 0 Å². The molecule has 100 valence electrons. The Hall–Kier alpha value is -0.910. The molecule has 18 heavy (non-hydrogen) atoms. The lowest BCUT2D eigenvalue weighted by Crippen LogP contribution is -2.33. The lowest BCUT2D eigenvalue weighted by molar-refractivity contribution is 0.0828. The molecule has 1 aliphatic rings. The highest BCUT2D eigenvalue weighted by molar-refractivity contribution is 7.91. The second kappa shape index (κ2) is 5.82. The van der Waals surface area contributed by atoms with Crippen molar-refractivity contribution in [1.29, 1.82) is 0 Å². The first-order chi connectivity index (χ1) is 8.62. The number of rotatable bonds is 5. The quantitative estimate of drug-likeness (QED) is 0.875. The number of nitrogens with one attached hydrogen (secondary N) is 1. The third-order valence-corrected chi connectivity index (χ3v) is 4.92. The number of fused-ring (bicyclic) bond motifs is 1. The van der Waals surface area contributed by atoms with Gasteiger partial charge in [0.25, 0.3) is 0 Å². The normalized spacial score (nSPS) is 19.5. The van der Waals surface area contributed by atoms with Gasteiger partial charge in [-0.1, -0.05) is 31.2 Å². The summed E-state index contributed by atoms with van der Waals surface area (Å²) in [6.45, 7) is 3.39. The van der Waals surface area contributed by atoms with Crippen molar-refractivity contribution in [1.82, 2.24) is 5.32 Å². The van der Waals surface area contributed by atoms with Crippen LogP contribution in [-0.4, -0.2) is 33.1 Å². The van der Waals surface area contributed by atoms with Crippen LogP contribution in [0, 0.1) is 0 Å². The maximum atomic E-state index is 11.4. The molecule has 0 aromatic heterocycles. The Kier molecular flexibility index (Phi) is 4.37. The van der Waals surface area contributed by atoms with Gasteiger partial charge in [-0.3, -0.25) is 0 Å². The molecule has 0 amide bonds. The Bertz CT molecular complexity index is 499. The summed E-state index contributed by atoms with van der Waals surface area (Å²) in [5, 5.41) is 3.26. The van der Waals surface area contributed by atoms with Crippen LogP contribution in [0.5, 0.6) is 0 Å². The molecule has 1 heterocycles. The molecule has 2 rings (SSSR count). The predicted molar refractivity (Wildman–Crippen MR) is 71.2 cm³/mol. The Labute approximate surface area is 108 Å². The van der Waals surface area contributed by atoms with E-state index in [1.165, 1.54) is 11.1 Å². The summed E-state index contributed by atoms with van der Waals surface area (Å²) in [6, 6.07) is 8.21. The molecule has 1 atom stereocenters. The van der Waals surface area contributed by atoms with Gasteiger partial charge in [-0.25, -0.2) is 8.42 Å². The average molecular weight is 269 g/mol. The SMILES string of the molecule is CCS(=O)(=O)CCNC1COCc2ccccc21. The Morgan fingerprint density at radius 1 is 1.39 bits per heavy atom. The highest BCUT2D eigenvalue weighted by Crippen LogP contribution is 2.24. The van der Waals surface area contributed by atoms with Crippen LogP contribution in [-0.2, 0) is 21.2 Å². The monoisotopic (exact) mass is 269 g/mol. The molecule has 4 nitrogen and oxygen atoms in total. The first-order valence-corrected chi connectivity index (χ1v) is 8.04. The van der Waals surface area contributed by atoms with Gasteiger partial charge in [-0.05, 0) is 11.1 Å². The molecule has 0 spiro atoms. The third kappa shape index (κ3) is 3.31. The molecule has 0 bridgehead atoms. The Morgan fingerprint density at radius 2 is 2.17 bits per heavy atom. The summed E-state index contributed by atoms with van der Waals surface area (Å²) >= 11 is 0. The van der Waals surface area contributed by atoms with Crippen LogP contribution in [0.3, 0.4) is 0 Å². The van der Waals surface area contributed by atoms with E-state index in [9.17, 15) is 8.42 Å². The Morgan fingerprint density at radius 3 is 2.94 bits per heavy atom. The van der Waals surface area contributed by atoms with Crippen LogP contribution in [0.4, 0.5) is 0 Å². The highest BCUT2D eigenvalue weighted by Gasteiger charge is 2.20. The number of sulfone groups is 1. The van der Waals surface area contributed by atoms with Crippen LogP contribution in [0.2, 0.25) is 0 Å². The number of ether oxygens (including phenoxy) is 1. The van der Waals surface area contributed by atoms with Gasteiger partial charge in [-0.15, -0.1) is 0 Å². The van der Waals surface area contributed by atoms with E-state index in [0.29, 0.717) is 19.8 Å². The van der Waals surface area contributed by atoms with E-state index in [0.717, 1.165) is 0 Å². The average Bonchev–Trinajstić information content (AvgIpc) is 2.39. The van der Waals surface area contributed by atoms with Crippen molar-refractivity contribution in [2.24, 2.45) is 0 Å². The molecule has 1 aromatic carbocycles. The van der Waals surface area contributed by atoms with E-state index in [1.807, 2.05) is 18.2 Å². The van der Waals surface area contributed by atoms with Crippen molar-refractivity contribution in [2.75, 3.05) is 24.7 Å². The summed E-state index contributed by atoms with van der Waals surface area (Å²) in [5.74, 6) is 0.384.